The summed E-state index contributed by atoms with van der Waals surface area (Å²) in [6.45, 7) is 4.77. The zero-order chi connectivity index (χ0) is 14.5. The largest absolute Gasteiger partial charge is 0.292 e. The molecule has 0 amide bonds. The maximum absolute atomic E-state index is 12.6. The summed E-state index contributed by atoms with van der Waals surface area (Å²) in [4.78, 5) is 14.8. The SMILES string of the molecule is CCc1ccc(C(=O)C(C)N(CCC#N)C2CC2)cc1. The van der Waals surface area contributed by atoms with Gasteiger partial charge in [0.05, 0.1) is 12.1 Å². The van der Waals surface area contributed by atoms with E-state index in [1.165, 1.54) is 5.56 Å². The van der Waals surface area contributed by atoms with E-state index in [1.807, 2.05) is 31.2 Å². The Balaban J connectivity index is 2.07. The number of carbonyl (C=O) groups excluding carboxylic acids is 1. The van der Waals surface area contributed by atoms with Gasteiger partial charge in [0.1, 0.15) is 0 Å². The van der Waals surface area contributed by atoms with Crippen molar-refractivity contribution in [1.29, 1.82) is 5.26 Å². The first-order valence-corrected chi connectivity index (χ1v) is 7.43. The average Bonchev–Trinajstić information content (AvgIpc) is 3.31. The third-order valence-electron chi connectivity index (χ3n) is 4.02. The Morgan fingerprint density at radius 2 is 2.05 bits per heavy atom. The topological polar surface area (TPSA) is 44.1 Å². The van der Waals surface area contributed by atoms with Crippen molar-refractivity contribution < 1.29 is 4.79 Å². The van der Waals surface area contributed by atoms with Crippen LogP contribution in [-0.4, -0.2) is 29.3 Å². The number of benzene rings is 1. The van der Waals surface area contributed by atoms with Gasteiger partial charge in [-0.15, -0.1) is 0 Å². The molecule has 1 unspecified atom stereocenters. The Morgan fingerprint density at radius 3 is 2.55 bits per heavy atom. The van der Waals surface area contributed by atoms with Crippen LogP contribution in [0.5, 0.6) is 0 Å². The number of Topliss-reactive ketones (excluding diaryl/α,β-unsaturated/α-hetero) is 1. The van der Waals surface area contributed by atoms with Crippen molar-refractivity contribution in [3.05, 3.63) is 35.4 Å². The Hall–Kier alpha value is -1.66. The van der Waals surface area contributed by atoms with Crippen molar-refractivity contribution in [3.63, 3.8) is 0 Å². The number of carbonyl (C=O) groups is 1. The molecule has 2 rings (SSSR count). The number of aryl methyl sites for hydroxylation is 1. The molecule has 1 fully saturated rings. The van der Waals surface area contributed by atoms with Crippen LogP contribution in [0.2, 0.25) is 0 Å². The van der Waals surface area contributed by atoms with E-state index in [1.54, 1.807) is 0 Å². The summed E-state index contributed by atoms with van der Waals surface area (Å²) in [6.07, 6.45) is 3.78. The standard InChI is InChI=1S/C17H22N2O/c1-3-14-5-7-15(8-6-14)17(20)13(2)19(12-4-11-18)16-9-10-16/h5-8,13,16H,3-4,9-10,12H2,1-2H3. The molecule has 0 radical (unpaired) electrons. The molecule has 0 aliphatic heterocycles. The summed E-state index contributed by atoms with van der Waals surface area (Å²) in [5, 5.41) is 8.75. The quantitative estimate of drug-likeness (QED) is 0.715. The number of hydrogen-bond acceptors (Lipinski definition) is 3. The normalized spacial score (nSPS) is 15.9. The zero-order valence-electron chi connectivity index (χ0n) is 12.3. The fourth-order valence-electron chi connectivity index (χ4n) is 2.57. The Morgan fingerprint density at radius 1 is 1.40 bits per heavy atom. The molecule has 1 aromatic rings. The minimum atomic E-state index is -0.136. The molecule has 0 spiro atoms. The number of nitriles is 1. The molecule has 1 atom stereocenters. The van der Waals surface area contributed by atoms with Gasteiger partial charge in [0.15, 0.2) is 5.78 Å². The van der Waals surface area contributed by atoms with Gasteiger partial charge in [-0.1, -0.05) is 31.2 Å². The molecule has 0 bridgehead atoms. The zero-order valence-corrected chi connectivity index (χ0v) is 12.3. The van der Waals surface area contributed by atoms with Crippen LogP contribution in [0.1, 0.15) is 49.0 Å². The van der Waals surface area contributed by atoms with Crippen LogP contribution in [-0.2, 0) is 6.42 Å². The molecule has 1 aliphatic carbocycles. The maximum atomic E-state index is 12.6. The van der Waals surface area contributed by atoms with Gasteiger partial charge in [-0.2, -0.15) is 5.26 Å². The Labute approximate surface area is 121 Å². The Bertz CT molecular complexity index is 497. The van der Waals surface area contributed by atoms with Gasteiger partial charge in [-0.25, -0.2) is 0 Å². The second kappa shape index (κ2) is 6.67. The molecule has 1 aromatic carbocycles. The van der Waals surface area contributed by atoms with Crippen LogP contribution in [0.25, 0.3) is 0 Å². The molecular weight excluding hydrogens is 248 g/mol. The lowest BCUT2D eigenvalue weighted by Crippen LogP contribution is -2.41. The first-order chi connectivity index (χ1) is 9.67. The third kappa shape index (κ3) is 3.46. The molecular formula is C17H22N2O. The minimum absolute atomic E-state index is 0.136. The highest BCUT2D eigenvalue weighted by Gasteiger charge is 2.34. The number of ketones is 1. The van der Waals surface area contributed by atoms with Crippen molar-refractivity contribution in [1.82, 2.24) is 4.90 Å². The van der Waals surface area contributed by atoms with E-state index >= 15 is 0 Å². The molecule has 3 heteroatoms. The fourth-order valence-corrected chi connectivity index (χ4v) is 2.57. The summed E-state index contributed by atoms with van der Waals surface area (Å²) < 4.78 is 0. The van der Waals surface area contributed by atoms with E-state index in [0.29, 0.717) is 19.0 Å². The van der Waals surface area contributed by atoms with E-state index in [-0.39, 0.29) is 11.8 Å². The number of nitrogens with zero attached hydrogens (tertiary/aromatic N) is 2. The second-order valence-corrected chi connectivity index (χ2v) is 5.47. The van der Waals surface area contributed by atoms with Crippen LogP contribution in [0.15, 0.2) is 24.3 Å². The van der Waals surface area contributed by atoms with Crippen molar-refractivity contribution in [2.45, 2.75) is 51.6 Å². The lowest BCUT2D eigenvalue weighted by molar-refractivity contribution is 0.0829. The molecule has 20 heavy (non-hydrogen) atoms. The van der Waals surface area contributed by atoms with Crippen molar-refractivity contribution in [3.8, 4) is 6.07 Å². The molecule has 1 saturated carbocycles. The van der Waals surface area contributed by atoms with E-state index in [2.05, 4.69) is 17.9 Å². The molecule has 3 nitrogen and oxygen atoms in total. The van der Waals surface area contributed by atoms with Gasteiger partial charge in [-0.3, -0.25) is 9.69 Å². The third-order valence-corrected chi connectivity index (χ3v) is 4.02. The van der Waals surface area contributed by atoms with E-state index < -0.39 is 0 Å². The predicted octanol–water partition coefficient (Wildman–Crippen LogP) is 3.20. The lowest BCUT2D eigenvalue weighted by Gasteiger charge is -2.27. The molecule has 0 N–H and O–H groups in total. The van der Waals surface area contributed by atoms with Crippen molar-refractivity contribution in [2.75, 3.05) is 6.54 Å². The lowest BCUT2D eigenvalue weighted by atomic mass is 10.0. The summed E-state index contributed by atoms with van der Waals surface area (Å²) in [6, 6.07) is 10.4. The van der Waals surface area contributed by atoms with Crippen molar-refractivity contribution in [2.24, 2.45) is 0 Å². The molecule has 0 heterocycles. The van der Waals surface area contributed by atoms with Gasteiger partial charge in [0.25, 0.3) is 0 Å². The Kier molecular flexibility index (Phi) is 4.92. The fraction of sp³-hybridized carbons (Fsp3) is 0.529. The van der Waals surface area contributed by atoms with Gasteiger partial charge >= 0.3 is 0 Å². The first-order valence-electron chi connectivity index (χ1n) is 7.43. The average molecular weight is 270 g/mol. The minimum Gasteiger partial charge on any atom is -0.292 e. The van der Waals surface area contributed by atoms with E-state index in [9.17, 15) is 4.79 Å². The molecule has 0 aromatic heterocycles. The summed E-state index contributed by atoms with van der Waals surface area (Å²) in [5.41, 5.74) is 2.02. The second-order valence-electron chi connectivity index (χ2n) is 5.47. The highest BCUT2D eigenvalue weighted by atomic mass is 16.1. The van der Waals surface area contributed by atoms with Crippen molar-refractivity contribution >= 4 is 5.78 Å². The molecule has 106 valence electrons. The van der Waals surface area contributed by atoms with E-state index in [0.717, 1.165) is 24.8 Å². The maximum Gasteiger partial charge on any atom is 0.179 e. The smallest absolute Gasteiger partial charge is 0.179 e. The van der Waals surface area contributed by atoms with Gasteiger partial charge in [0, 0.05) is 24.6 Å². The van der Waals surface area contributed by atoms with Gasteiger partial charge < -0.3 is 0 Å². The predicted molar refractivity (Wildman–Crippen MR) is 79.6 cm³/mol. The monoisotopic (exact) mass is 270 g/mol. The summed E-state index contributed by atoms with van der Waals surface area (Å²) in [5.74, 6) is 0.164. The van der Waals surface area contributed by atoms with Crippen LogP contribution in [0, 0.1) is 11.3 Å². The van der Waals surface area contributed by atoms with Crippen LogP contribution >= 0.6 is 0 Å². The van der Waals surface area contributed by atoms with Crippen LogP contribution < -0.4 is 0 Å². The summed E-state index contributed by atoms with van der Waals surface area (Å²) in [7, 11) is 0. The molecule has 0 saturated heterocycles. The van der Waals surface area contributed by atoms with E-state index in [4.69, 9.17) is 5.26 Å². The highest BCUT2D eigenvalue weighted by molar-refractivity contribution is 5.99. The number of hydrogen-bond donors (Lipinski definition) is 0. The van der Waals surface area contributed by atoms with Crippen LogP contribution in [0.4, 0.5) is 0 Å². The van der Waals surface area contributed by atoms with Gasteiger partial charge in [-0.05, 0) is 31.7 Å². The molecule has 1 aliphatic rings. The first kappa shape index (κ1) is 14.7. The summed E-state index contributed by atoms with van der Waals surface area (Å²) >= 11 is 0. The highest BCUT2D eigenvalue weighted by Crippen LogP contribution is 2.29. The number of rotatable bonds is 7. The van der Waals surface area contributed by atoms with Gasteiger partial charge in [0.2, 0.25) is 0 Å². The van der Waals surface area contributed by atoms with Crippen LogP contribution in [0.3, 0.4) is 0 Å².